The number of carbonyl (C=O) groups excluding carboxylic acids is 1. The van der Waals surface area contributed by atoms with Crippen LogP contribution in [0.4, 0.5) is 10.5 Å². The number of sulfonamides is 1. The smallest absolute Gasteiger partial charge is 0.321 e. The van der Waals surface area contributed by atoms with Gasteiger partial charge in [-0.25, -0.2) is 18.4 Å². The highest BCUT2D eigenvalue weighted by molar-refractivity contribution is 7.89. The topological polar surface area (TPSA) is 92.5 Å². The van der Waals surface area contributed by atoms with Gasteiger partial charge in [0.2, 0.25) is 10.0 Å². The van der Waals surface area contributed by atoms with Crippen LogP contribution in [0.15, 0.2) is 29.2 Å². The number of nitrogens with one attached hydrogen (secondary N) is 1. The number of hydrogen-bond acceptors (Lipinski definition) is 3. The van der Waals surface area contributed by atoms with Crippen molar-refractivity contribution < 1.29 is 13.2 Å². The SMILES string of the molecule is NS(=O)(=O)c1cccc(NC(=O)N2CCCC2)c1. The summed E-state index contributed by atoms with van der Waals surface area (Å²) in [7, 11) is -3.75. The van der Waals surface area contributed by atoms with Crippen LogP contribution in [0.2, 0.25) is 0 Å². The fourth-order valence-corrected chi connectivity index (χ4v) is 2.43. The molecular formula is C11H15N3O3S. The lowest BCUT2D eigenvalue weighted by Crippen LogP contribution is -2.32. The van der Waals surface area contributed by atoms with E-state index < -0.39 is 10.0 Å². The molecule has 1 aromatic carbocycles. The van der Waals surface area contributed by atoms with Crippen molar-refractivity contribution in [2.75, 3.05) is 18.4 Å². The van der Waals surface area contributed by atoms with Crippen molar-refractivity contribution in [1.29, 1.82) is 0 Å². The van der Waals surface area contributed by atoms with E-state index in [2.05, 4.69) is 5.32 Å². The Bertz CT molecular complexity index is 550. The molecule has 0 spiro atoms. The Labute approximate surface area is 106 Å². The maximum atomic E-state index is 11.8. The van der Waals surface area contributed by atoms with Crippen LogP contribution < -0.4 is 10.5 Å². The van der Waals surface area contributed by atoms with Crippen molar-refractivity contribution in [3.63, 3.8) is 0 Å². The summed E-state index contributed by atoms with van der Waals surface area (Å²) >= 11 is 0. The minimum absolute atomic E-state index is 0.0123. The Morgan fingerprint density at radius 1 is 1.28 bits per heavy atom. The van der Waals surface area contributed by atoms with Crippen LogP contribution in [0.5, 0.6) is 0 Å². The van der Waals surface area contributed by atoms with E-state index in [9.17, 15) is 13.2 Å². The molecule has 1 heterocycles. The number of likely N-dealkylation sites (tertiary alicyclic amines) is 1. The van der Waals surface area contributed by atoms with Crippen LogP contribution in [0.3, 0.4) is 0 Å². The molecule has 0 aromatic heterocycles. The van der Waals surface area contributed by atoms with E-state index in [1.165, 1.54) is 12.1 Å². The third-order valence-electron chi connectivity index (χ3n) is 2.81. The summed E-state index contributed by atoms with van der Waals surface area (Å²) in [5.74, 6) is 0. The Kier molecular flexibility index (Phi) is 3.53. The lowest BCUT2D eigenvalue weighted by atomic mass is 10.3. The molecule has 3 N–H and O–H groups in total. The molecule has 18 heavy (non-hydrogen) atoms. The van der Waals surface area contributed by atoms with E-state index in [0.29, 0.717) is 5.69 Å². The van der Waals surface area contributed by atoms with Crippen LogP contribution in [-0.4, -0.2) is 32.4 Å². The number of nitrogens with zero attached hydrogens (tertiary/aromatic N) is 1. The van der Waals surface area contributed by atoms with E-state index in [1.807, 2.05) is 0 Å². The molecule has 0 aliphatic carbocycles. The Morgan fingerprint density at radius 3 is 2.56 bits per heavy atom. The van der Waals surface area contributed by atoms with Gasteiger partial charge >= 0.3 is 6.03 Å². The predicted octanol–water partition coefficient (Wildman–Crippen LogP) is 0.962. The first kappa shape index (κ1) is 12.8. The van der Waals surface area contributed by atoms with Gasteiger partial charge in [-0.3, -0.25) is 0 Å². The summed E-state index contributed by atoms with van der Waals surface area (Å²) in [5, 5.41) is 7.69. The minimum atomic E-state index is -3.75. The molecule has 98 valence electrons. The van der Waals surface area contributed by atoms with Gasteiger partial charge in [-0.05, 0) is 31.0 Å². The number of primary sulfonamides is 1. The molecule has 0 unspecified atom stereocenters. The molecule has 0 saturated carbocycles. The van der Waals surface area contributed by atoms with E-state index in [4.69, 9.17) is 5.14 Å². The van der Waals surface area contributed by atoms with E-state index >= 15 is 0 Å². The number of amides is 2. The predicted molar refractivity (Wildman–Crippen MR) is 67.6 cm³/mol. The fraction of sp³-hybridized carbons (Fsp3) is 0.364. The summed E-state index contributed by atoms with van der Waals surface area (Å²) in [6.07, 6.45) is 2.01. The van der Waals surface area contributed by atoms with Crippen molar-refractivity contribution in [3.8, 4) is 0 Å². The first-order valence-electron chi connectivity index (χ1n) is 5.65. The second kappa shape index (κ2) is 4.95. The van der Waals surface area contributed by atoms with Gasteiger partial charge in [0, 0.05) is 18.8 Å². The molecule has 1 aliphatic heterocycles. The Hall–Kier alpha value is -1.60. The van der Waals surface area contributed by atoms with E-state index in [0.717, 1.165) is 25.9 Å². The number of anilines is 1. The monoisotopic (exact) mass is 269 g/mol. The summed E-state index contributed by atoms with van der Waals surface area (Å²) in [6.45, 7) is 1.47. The van der Waals surface area contributed by atoms with E-state index in [-0.39, 0.29) is 10.9 Å². The van der Waals surface area contributed by atoms with Crippen molar-refractivity contribution in [2.45, 2.75) is 17.7 Å². The van der Waals surface area contributed by atoms with Crippen LogP contribution >= 0.6 is 0 Å². The highest BCUT2D eigenvalue weighted by Gasteiger charge is 2.18. The third-order valence-corrected chi connectivity index (χ3v) is 3.72. The zero-order valence-electron chi connectivity index (χ0n) is 9.80. The molecule has 1 saturated heterocycles. The number of carbonyl (C=O) groups is 1. The number of nitrogens with two attached hydrogens (primary N) is 1. The molecular weight excluding hydrogens is 254 g/mol. The van der Waals surface area contributed by atoms with Crippen LogP contribution in [0, 0.1) is 0 Å². The van der Waals surface area contributed by atoms with Gasteiger partial charge in [-0.2, -0.15) is 0 Å². The lowest BCUT2D eigenvalue weighted by molar-refractivity contribution is 0.222. The number of rotatable bonds is 2. The quantitative estimate of drug-likeness (QED) is 0.837. The van der Waals surface area contributed by atoms with Gasteiger partial charge in [-0.1, -0.05) is 6.07 Å². The van der Waals surface area contributed by atoms with Gasteiger partial charge in [-0.15, -0.1) is 0 Å². The average molecular weight is 269 g/mol. The second-order valence-electron chi connectivity index (χ2n) is 4.20. The van der Waals surface area contributed by atoms with Crippen molar-refractivity contribution in [1.82, 2.24) is 4.90 Å². The first-order valence-corrected chi connectivity index (χ1v) is 7.20. The summed E-state index contributed by atoms with van der Waals surface area (Å²) in [4.78, 5) is 13.5. The Balaban J connectivity index is 2.12. The average Bonchev–Trinajstić information content (AvgIpc) is 2.81. The highest BCUT2D eigenvalue weighted by Crippen LogP contribution is 2.16. The van der Waals surface area contributed by atoms with Gasteiger partial charge in [0.05, 0.1) is 4.90 Å². The normalized spacial score (nSPS) is 15.7. The molecule has 0 atom stereocenters. The standard InChI is InChI=1S/C11H15N3O3S/c12-18(16,17)10-5-3-4-9(8-10)13-11(15)14-6-1-2-7-14/h3-5,8H,1-2,6-7H2,(H,13,15)(H2,12,16,17). The van der Waals surface area contributed by atoms with Gasteiger partial charge in [0.1, 0.15) is 0 Å². The highest BCUT2D eigenvalue weighted by atomic mass is 32.2. The fourth-order valence-electron chi connectivity index (χ4n) is 1.87. The lowest BCUT2D eigenvalue weighted by Gasteiger charge is -2.16. The first-order chi connectivity index (χ1) is 8.47. The second-order valence-corrected chi connectivity index (χ2v) is 5.76. The van der Waals surface area contributed by atoms with Crippen molar-refractivity contribution >= 4 is 21.7 Å². The number of benzene rings is 1. The summed E-state index contributed by atoms with van der Waals surface area (Å²) < 4.78 is 22.4. The molecule has 1 fully saturated rings. The third kappa shape index (κ3) is 2.99. The maximum absolute atomic E-state index is 11.8. The molecule has 6 nitrogen and oxygen atoms in total. The molecule has 1 aliphatic rings. The molecule has 0 bridgehead atoms. The van der Waals surface area contributed by atoms with Crippen molar-refractivity contribution in [3.05, 3.63) is 24.3 Å². The molecule has 7 heteroatoms. The van der Waals surface area contributed by atoms with Crippen LogP contribution in [0.1, 0.15) is 12.8 Å². The number of hydrogen-bond donors (Lipinski definition) is 2. The summed E-state index contributed by atoms with van der Waals surface area (Å²) in [6, 6.07) is 5.70. The largest absolute Gasteiger partial charge is 0.325 e. The molecule has 2 amide bonds. The van der Waals surface area contributed by atoms with Gasteiger partial charge in [0.15, 0.2) is 0 Å². The summed E-state index contributed by atoms with van der Waals surface area (Å²) in [5.41, 5.74) is 0.429. The van der Waals surface area contributed by atoms with Crippen molar-refractivity contribution in [2.24, 2.45) is 5.14 Å². The molecule has 0 radical (unpaired) electrons. The van der Waals surface area contributed by atoms with Gasteiger partial charge in [0.25, 0.3) is 0 Å². The minimum Gasteiger partial charge on any atom is -0.325 e. The molecule has 2 rings (SSSR count). The molecule has 1 aromatic rings. The van der Waals surface area contributed by atoms with Crippen LogP contribution in [-0.2, 0) is 10.0 Å². The maximum Gasteiger partial charge on any atom is 0.321 e. The Morgan fingerprint density at radius 2 is 1.94 bits per heavy atom. The van der Waals surface area contributed by atoms with E-state index in [1.54, 1.807) is 17.0 Å². The zero-order valence-corrected chi connectivity index (χ0v) is 10.6. The zero-order chi connectivity index (χ0) is 13.2. The van der Waals surface area contributed by atoms with Gasteiger partial charge < -0.3 is 10.2 Å². The van der Waals surface area contributed by atoms with Crippen LogP contribution in [0.25, 0.3) is 0 Å². The number of urea groups is 1.